The number of fused-ring (bicyclic) bond motifs is 1. The molecule has 1 fully saturated rings. The summed E-state index contributed by atoms with van der Waals surface area (Å²) in [6.07, 6.45) is 0.443. The Morgan fingerprint density at radius 3 is 2.35 bits per heavy atom. The molecule has 9 nitrogen and oxygen atoms in total. The molecule has 0 bridgehead atoms. The van der Waals surface area contributed by atoms with Crippen molar-refractivity contribution in [3.8, 4) is 28.7 Å². The van der Waals surface area contributed by atoms with Crippen LogP contribution in [0.2, 0.25) is 0 Å². The van der Waals surface area contributed by atoms with E-state index in [1.54, 1.807) is 12.1 Å². The summed E-state index contributed by atoms with van der Waals surface area (Å²) in [7, 11) is 4.59. The molecule has 2 unspecified atom stereocenters. The Labute approximate surface area is 199 Å². The van der Waals surface area contributed by atoms with Gasteiger partial charge in [-0.2, -0.15) is 0 Å². The monoisotopic (exact) mass is 472 g/mol. The van der Waals surface area contributed by atoms with Gasteiger partial charge in [0.25, 0.3) is 5.91 Å². The van der Waals surface area contributed by atoms with Gasteiger partial charge in [-0.05, 0) is 37.1 Å². The van der Waals surface area contributed by atoms with Crippen molar-refractivity contribution < 1.29 is 33.6 Å². The molecule has 2 aromatic rings. The summed E-state index contributed by atoms with van der Waals surface area (Å²) in [5, 5.41) is 14.0. The second-order valence-electron chi connectivity index (χ2n) is 8.37. The molecular formula is C25H32N2O7. The molecule has 2 aliphatic rings. The highest BCUT2D eigenvalue weighted by Gasteiger charge is 2.30. The first-order valence-electron chi connectivity index (χ1n) is 11.4. The molecule has 0 aromatic heterocycles. The topological polar surface area (TPSA) is 98.7 Å². The minimum Gasteiger partial charge on any atom is -0.493 e. The minimum absolute atomic E-state index is 0.0795. The van der Waals surface area contributed by atoms with Crippen LogP contribution in [0.25, 0.3) is 0 Å². The van der Waals surface area contributed by atoms with Crippen molar-refractivity contribution in [3.05, 3.63) is 42.0 Å². The number of rotatable bonds is 8. The number of ether oxygens (including phenoxy) is 5. The van der Waals surface area contributed by atoms with E-state index in [4.69, 9.17) is 23.7 Å². The number of piperidine rings is 1. The number of nitrogens with one attached hydrogen (secondary N) is 1. The number of methoxy groups -OCH3 is 3. The Bertz CT molecular complexity index is 966. The van der Waals surface area contributed by atoms with Gasteiger partial charge in [-0.15, -0.1) is 0 Å². The quantitative estimate of drug-likeness (QED) is 0.603. The maximum atomic E-state index is 13.1. The third kappa shape index (κ3) is 5.15. The molecule has 2 aliphatic heterocycles. The highest BCUT2D eigenvalue weighted by molar-refractivity contribution is 5.95. The summed E-state index contributed by atoms with van der Waals surface area (Å²) in [5.41, 5.74) is 0.492. The van der Waals surface area contributed by atoms with Crippen LogP contribution in [0, 0.1) is 0 Å². The van der Waals surface area contributed by atoms with Crippen molar-refractivity contribution in [1.82, 2.24) is 10.2 Å². The molecule has 4 rings (SSSR count). The van der Waals surface area contributed by atoms with Crippen LogP contribution < -0.4 is 29.0 Å². The maximum absolute atomic E-state index is 13.1. The molecule has 9 heteroatoms. The van der Waals surface area contributed by atoms with Crippen LogP contribution in [0.1, 0.15) is 23.2 Å². The van der Waals surface area contributed by atoms with E-state index in [0.717, 1.165) is 12.8 Å². The Hall–Kier alpha value is -3.17. The standard InChI is InChI=1S/C25H32N2O7/c1-30-21-12-16(13-22(31-2)24(21)32-3)25(29)27-10-8-17(9-11-27)26-14-18(28)23-15-33-19-6-4-5-7-20(19)34-23/h4-7,12-13,17-18,23,26,28H,8-11,14-15H2,1-3H3. The van der Waals surface area contributed by atoms with E-state index in [1.165, 1.54) is 21.3 Å². The molecule has 1 amide bonds. The first kappa shape index (κ1) is 24.0. The van der Waals surface area contributed by atoms with E-state index >= 15 is 0 Å². The first-order valence-corrected chi connectivity index (χ1v) is 11.4. The van der Waals surface area contributed by atoms with Crippen LogP contribution in [-0.4, -0.2) is 81.7 Å². The van der Waals surface area contributed by atoms with E-state index in [-0.39, 0.29) is 11.9 Å². The summed E-state index contributed by atoms with van der Waals surface area (Å²) >= 11 is 0. The van der Waals surface area contributed by atoms with Crippen molar-refractivity contribution >= 4 is 5.91 Å². The SMILES string of the molecule is COc1cc(C(=O)N2CCC(NCC(O)C3COc4ccccc4O3)CC2)cc(OC)c1OC. The van der Waals surface area contributed by atoms with Gasteiger partial charge in [0, 0.05) is 31.2 Å². The fraction of sp³-hybridized carbons (Fsp3) is 0.480. The zero-order chi connectivity index (χ0) is 24.1. The van der Waals surface area contributed by atoms with Crippen LogP contribution >= 0.6 is 0 Å². The molecule has 0 radical (unpaired) electrons. The van der Waals surface area contributed by atoms with Crippen molar-refractivity contribution in [2.75, 3.05) is 47.6 Å². The second kappa shape index (κ2) is 10.8. The van der Waals surface area contributed by atoms with Gasteiger partial charge in [-0.1, -0.05) is 12.1 Å². The van der Waals surface area contributed by atoms with Crippen molar-refractivity contribution in [2.45, 2.75) is 31.1 Å². The summed E-state index contributed by atoms with van der Waals surface area (Å²) < 4.78 is 27.7. The smallest absolute Gasteiger partial charge is 0.254 e. The fourth-order valence-electron chi connectivity index (χ4n) is 4.32. The molecule has 1 saturated heterocycles. The van der Waals surface area contributed by atoms with E-state index in [2.05, 4.69) is 5.32 Å². The maximum Gasteiger partial charge on any atom is 0.254 e. The van der Waals surface area contributed by atoms with Crippen LogP contribution in [0.3, 0.4) is 0 Å². The molecule has 0 saturated carbocycles. The second-order valence-corrected chi connectivity index (χ2v) is 8.37. The summed E-state index contributed by atoms with van der Waals surface area (Å²) in [4.78, 5) is 14.9. The number of hydrogen-bond acceptors (Lipinski definition) is 8. The number of aliphatic hydroxyl groups excluding tert-OH is 1. The Morgan fingerprint density at radius 1 is 1.09 bits per heavy atom. The van der Waals surface area contributed by atoms with Gasteiger partial charge in [0.1, 0.15) is 12.7 Å². The number of carbonyl (C=O) groups is 1. The van der Waals surface area contributed by atoms with Gasteiger partial charge >= 0.3 is 0 Å². The van der Waals surface area contributed by atoms with Crippen LogP contribution in [0.5, 0.6) is 28.7 Å². The van der Waals surface area contributed by atoms with Crippen molar-refractivity contribution in [1.29, 1.82) is 0 Å². The lowest BCUT2D eigenvalue weighted by Crippen LogP contribution is -2.50. The summed E-state index contributed by atoms with van der Waals surface area (Å²) in [5.74, 6) is 2.63. The number of hydrogen-bond donors (Lipinski definition) is 2. The highest BCUT2D eigenvalue weighted by Crippen LogP contribution is 2.38. The fourth-order valence-corrected chi connectivity index (χ4v) is 4.32. The van der Waals surface area contributed by atoms with Crippen LogP contribution in [0.15, 0.2) is 36.4 Å². The predicted molar refractivity (Wildman–Crippen MR) is 125 cm³/mol. The highest BCUT2D eigenvalue weighted by atomic mass is 16.6. The van der Waals surface area contributed by atoms with Gasteiger partial charge in [-0.3, -0.25) is 4.79 Å². The lowest BCUT2D eigenvalue weighted by molar-refractivity contribution is -0.0109. The Balaban J connectivity index is 1.28. The average molecular weight is 473 g/mol. The lowest BCUT2D eigenvalue weighted by Gasteiger charge is -2.34. The average Bonchev–Trinajstić information content (AvgIpc) is 2.90. The Morgan fingerprint density at radius 2 is 1.74 bits per heavy atom. The normalized spacial score (nSPS) is 18.8. The number of nitrogens with zero attached hydrogens (tertiary/aromatic N) is 1. The molecular weight excluding hydrogens is 440 g/mol. The van der Waals surface area contributed by atoms with Crippen molar-refractivity contribution in [2.24, 2.45) is 0 Å². The number of aliphatic hydroxyl groups is 1. The largest absolute Gasteiger partial charge is 0.493 e. The molecule has 2 atom stereocenters. The van der Waals surface area contributed by atoms with Gasteiger partial charge < -0.3 is 39.0 Å². The number of para-hydroxylation sites is 2. The minimum atomic E-state index is -0.702. The predicted octanol–water partition coefficient (Wildman–Crippen LogP) is 2.11. The van der Waals surface area contributed by atoms with Crippen LogP contribution in [-0.2, 0) is 0 Å². The summed E-state index contributed by atoms with van der Waals surface area (Å²) in [6, 6.07) is 11.0. The summed E-state index contributed by atoms with van der Waals surface area (Å²) in [6.45, 7) is 1.92. The van der Waals surface area contributed by atoms with E-state index in [0.29, 0.717) is 60.6 Å². The molecule has 2 heterocycles. The van der Waals surface area contributed by atoms with E-state index in [9.17, 15) is 9.90 Å². The van der Waals surface area contributed by atoms with Crippen molar-refractivity contribution in [3.63, 3.8) is 0 Å². The molecule has 2 N–H and O–H groups in total. The molecule has 2 aromatic carbocycles. The number of likely N-dealkylation sites (tertiary alicyclic amines) is 1. The molecule has 0 aliphatic carbocycles. The van der Waals surface area contributed by atoms with Gasteiger partial charge in [0.05, 0.1) is 21.3 Å². The zero-order valence-electron chi connectivity index (χ0n) is 19.8. The number of benzene rings is 2. The van der Waals surface area contributed by atoms with E-state index in [1.807, 2.05) is 29.2 Å². The molecule has 184 valence electrons. The van der Waals surface area contributed by atoms with Gasteiger partial charge in [0.2, 0.25) is 5.75 Å². The third-order valence-corrected chi connectivity index (χ3v) is 6.27. The van der Waals surface area contributed by atoms with E-state index < -0.39 is 12.2 Å². The molecule has 0 spiro atoms. The zero-order valence-corrected chi connectivity index (χ0v) is 19.8. The Kier molecular flexibility index (Phi) is 7.64. The molecule has 34 heavy (non-hydrogen) atoms. The third-order valence-electron chi connectivity index (χ3n) is 6.27. The van der Waals surface area contributed by atoms with Crippen LogP contribution in [0.4, 0.5) is 0 Å². The number of carbonyl (C=O) groups excluding carboxylic acids is 1. The number of amides is 1. The lowest BCUT2D eigenvalue weighted by atomic mass is 10.0. The van der Waals surface area contributed by atoms with Gasteiger partial charge in [0.15, 0.2) is 29.1 Å². The first-order chi connectivity index (χ1) is 16.5. The van der Waals surface area contributed by atoms with Gasteiger partial charge in [-0.25, -0.2) is 0 Å².